The summed E-state index contributed by atoms with van der Waals surface area (Å²) in [4.78, 5) is 26.6. The predicted molar refractivity (Wildman–Crippen MR) is 111 cm³/mol. The number of piperidine rings is 1. The number of hydrogen-bond donors (Lipinski definition) is 0. The van der Waals surface area contributed by atoms with Crippen LogP contribution >= 0.6 is 0 Å². The van der Waals surface area contributed by atoms with Crippen molar-refractivity contribution >= 4 is 20.2 Å². The molecule has 1 aromatic rings. The van der Waals surface area contributed by atoms with Crippen molar-refractivity contribution in [1.82, 2.24) is 4.90 Å². The van der Waals surface area contributed by atoms with Crippen LogP contribution < -0.4 is 13.9 Å². The van der Waals surface area contributed by atoms with Gasteiger partial charge in [-0.3, -0.25) is 9.69 Å². The molecule has 2 saturated heterocycles. The molecule has 0 bridgehead atoms. The van der Waals surface area contributed by atoms with Crippen molar-refractivity contribution in [2.45, 2.75) is 63.8 Å². The van der Waals surface area contributed by atoms with Gasteiger partial charge < -0.3 is 18.6 Å². The second kappa shape index (κ2) is 7.55. The lowest BCUT2D eigenvalue weighted by atomic mass is 9.90. The van der Waals surface area contributed by atoms with Crippen LogP contribution in [0.25, 0.3) is 0 Å². The maximum absolute atomic E-state index is 12.8. The van der Waals surface area contributed by atoms with Crippen LogP contribution in [0, 0.1) is 0 Å². The number of nitrogens with zero attached hydrogens (tertiary/aromatic N) is 1. The number of hydrogen-bond acceptors (Lipinski definition) is 6. The molecular formula is C21H31NO6Si. The highest BCUT2D eigenvalue weighted by Gasteiger charge is 2.46. The Labute approximate surface area is 173 Å². The van der Waals surface area contributed by atoms with E-state index in [1.807, 2.05) is 0 Å². The van der Waals surface area contributed by atoms with Gasteiger partial charge >= 0.3 is 6.09 Å². The van der Waals surface area contributed by atoms with Crippen LogP contribution in [0.15, 0.2) is 12.1 Å². The Hall–Kier alpha value is -2.22. The number of methoxy groups -OCH3 is 2. The average Bonchev–Trinajstić information content (AvgIpc) is 3.02. The topological polar surface area (TPSA) is 74.3 Å². The molecule has 2 fully saturated rings. The van der Waals surface area contributed by atoms with Crippen molar-refractivity contribution in [3.8, 4) is 17.2 Å². The van der Waals surface area contributed by atoms with Crippen LogP contribution in [0.5, 0.6) is 17.2 Å². The summed E-state index contributed by atoms with van der Waals surface area (Å²) in [6, 6.07) is 2.78. The van der Waals surface area contributed by atoms with Gasteiger partial charge in [0.25, 0.3) is 8.32 Å². The minimum absolute atomic E-state index is 0.00639. The molecule has 2 aliphatic heterocycles. The van der Waals surface area contributed by atoms with Crippen molar-refractivity contribution in [3.63, 3.8) is 0 Å². The van der Waals surface area contributed by atoms with Gasteiger partial charge in [0, 0.05) is 6.42 Å². The summed E-state index contributed by atoms with van der Waals surface area (Å²) in [5, 5.41) is -0.00639. The fraction of sp³-hybridized carbons (Fsp3) is 0.619. The Morgan fingerprint density at radius 3 is 2.21 bits per heavy atom. The third kappa shape index (κ3) is 3.82. The van der Waals surface area contributed by atoms with Gasteiger partial charge in [-0.25, -0.2) is 4.79 Å². The number of carbonyl (C=O) groups excluding carboxylic acids is 2. The van der Waals surface area contributed by atoms with E-state index in [0.29, 0.717) is 42.3 Å². The van der Waals surface area contributed by atoms with Crippen LogP contribution in [0.3, 0.4) is 0 Å². The largest absolute Gasteiger partial charge is 0.539 e. The zero-order valence-electron chi connectivity index (χ0n) is 18.3. The molecule has 2 aliphatic rings. The zero-order valence-corrected chi connectivity index (χ0v) is 19.3. The summed E-state index contributed by atoms with van der Waals surface area (Å²) in [7, 11) is 0.969. The smallest absolute Gasteiger partial charge is 0.411 e. The monoisotopic (exact) mass is 421 g/mol. The zero-order chi connectivity index (χ0) is 21.6. The van der Waals surface area contributed by atoms with Crippen LogP contribution in [-0.2, 0) is 9.53 Å². The molecule has 0 N–H and O–H groups in total. The summed E-state index contributed by atoms with van der Waals surface area (Å²) >= 11 is 0. The van der Waals surface area contributed by atoms with E-state index in [1.54, 1.807) is 31.3 Å². The summed E-state index contributed by atoms with van der Waals surface area (Å²) in [5.74, 6) is 1.51. The Balaban J connectivity index is 2.06. The Kier molecular flexibility index (Phi) is 5.59. The van der Waals surface area contributed by atoms with E-state index in [0.717, 1.165) is 0 Å². The molecule has 0 spiro atoms. The van der Waals surface area contributed by atoms with Crippen LogP contribution in [0.1, 0.15) is 45.2 Å². The molecular weight excluding hydrogens is 390 g/mol. The molecule has 0 unspecified atom stereocenters. The minimum atomic E-state index is -2.16. The molecule has 1 amide bonds. The molecule has 160 valence electrons. The van der Waals surface area contributed by atoms with Crippen molar-refractivity contribution < 1.29 is 28.2 Å². The second-order valence-corrected chi connectivity index (χ2v) is 13.9. The molecule has 7 nitrogen and oxygen atoms in total. The number of Topliss-reactive ketones (excluding diaryl/α,β-unsaturated/α-hetero) is 1. The van der Waals surface area contributed by atoms with Gasteiger partial charge in [-0.15, -0.1) is 0 Å². The van der Waals surface area contributed by atoms with Crippen molar-refractivity contribution in [3.05, 3.63) is 17.7 Å². The molecule has 3 rings (SSSR count). The van der Waals surface area contributed by atoms with Crippen LogP contribution in [-0.4, -0.2) is 52.0 Å². The number of fused-ring (bicyclic) bond motifs is 1. The first-order valence-corrected chi connectivity index (χ1v) is 12.8. The molecule has 8 heteroatoms. The van der Waals surface area contributed by atoms with Crippen molar-refractivity contribution in [2.75, 3.05) is 20.8 Å². The van der Waals surface area contributed by atoms with Gasteiger partial charge in [0.2, 0.25) is 0 Å². The van der Waals surface area contributed by atoms with Gasteiger partial charge in [0.05, 0.1) is 20.3 Å². The molecule has 0 aliphatic carbocycles. The van der Waals surface area contributed by atoms with E-state index in [9.17, 15) is 9.59 Å². The van der Waals surface area contributed by atoms with E-state index in [-0.39, 0.29) is 16.9 Å². The highest BCUT2D eigenvalue weighted by molar-refractivity contribution is 6.74. The van der Waals surface area contributed by atoms with Gasteiger partial charge in [-0.1, -0.05) is 20.8 Å². The second-order valence-electron chi connectivity index (χ2n) is 9.16. The summed E-state index contributed by atoms with van der Waals surface area (Å²) < 4.78 is 22.9. The normalized spacial score (nSPS) is 22.2. The van der Waals surface area contributed by atoms with Crippen LogP contribution in [0.4, 0.5) is 4.79 Å². The third-order valence-corrected chi connectivity index (χ3v) is 10.6. The van der Waals surface area contributed by atoms with Gasteiger partial charge in [0.1, 0.15) is 12.6 Å². The van der Waals surface area contributed by atoms with E-state index in [4.69, 9.17) is 18.6 Å². The highest BCUT2D eigenvalue weighted by Crippen LogP contribution is 2.47. The summed E-state index contributed by atoms with van der Waals surface area (Å²) in [6.45, 7) is 11.1. The summed E-state index contributed by atoms with van der Waals surface area (Å²) in [6.07, 6.45) is 0.588. The van der Waals surface area contributed by atoms with E-state index < -0.39 is 20.5 Å². The maximum atomic E-state index is 12.8. The number of cyclic esters (lactones) is 1. The lowest BCUT2D eigenvalue weighted by Gasteiger charge is -2.38. The molecule has 1 aromatic carbocycles. The average molecular weight is 422 g/mol. The standard InChI is InChI=1S/C21H31NO6Si/c1-21(2,3)29(6,7)28-19-16(25-4)10-13(11-17(19)26-5)18-15(23)9-8-14-12-27-20(24)22(14)18/h10-11,14,18H,8-9,12H2,1-7H3/t14-,18+/m0/s1. The first-order valence-electron chi connectivity index (χ1n) is 9.93. The Morgan fingerprint density at radius 2 is 1.69 bits per heavy atom. The minimum Gasteiger partial charge on any atom is -0.539 e. The molecule has 0 saturated carbocycles. The third-order valence-electron chi connectivity index (χ3n) is 6.27. The molecule has 0 aromatic heterocycles. The highest BCUT2D eigenvalue weighted by atomic mass is 28.4. The fourth-order valence-electron chi connectivity index (χ4n) is 3.52. The lowest BCUT2D eigenvalue weighted by molar-refractivity contribution is -0.126. The van der Waals surface area contributed by atoms with Crippen molar-refractivity contribution in [2.24, 2.45) is 0 Å². The lowest BCUT2D eigenvalue weighted by Crippen LogP contribution is -2.45. The number of ketones is 1. The van der Waals surface area contributed by atoms with Crippen LogP contribution in [0.2, 0.25) is 18.1 Å². The molecule has 2 atom stereocenters. The van der Waals surface area contributed by atoms with E-state index in [2.05, 4.69) is 33.9 Å². The first-order chi connectivity index (χ1) is 13.5. The quantitative estimate of drug-likeness (QED) is 0.660. The number of carbonyl (C=O) groups is 2. The van der Waals surface area contributed by atoms with E-state index in [1.165, 1.54) is 0 Å². The fourth-order valence-corrected chi connectivity index (χ4v) is 4.54. The van der Waals surface area contributed by atoms with Gasteiger partial charge in [-0.2, -0.15) is 0 Å². The Bertz CT molecular complexity index is 791. The van der Waals surface area contributed by atoms with Gasteiger partial charge in [-0.05, 0) is 42.2 Å². The maximum Gasteiger partial charge on any atom is 0.411 e. The summed E-state index contributed by atoms with van der Waals surface area (Å²) in [5.41, 5.74) is 0.648. The molecule has 29 heavy (non-hydrogen) atoms. The van der Waals surface area contributed by atoms with Gasteiger partial charge in [0.15, 0.2) is 23.0 Å². The first kappa shape index (κ1) is 21.5. The van der Waals surface area contributed by atoms with Crippen molar-refractivity contribution in [1.29, 1.82) is 0 Å². The number of ether oxygens (including phenoxy) is 3. The molecule has 2 heterocycles. The predicted octanol–water partition coefficient (Wildman–Crippen LogP) is 4.31. The Morgan fingerprint density at radius 1 is 1.10 bits per heavy atom. The molecule has 0 radical (unpaired) electrons. The number of amides is 1. The number of rotatable bonds is 5. The SMILES string of the molecule is COc1cc([C@@H]2C(=O)CC[C@H]3COC(=O)N32)cc(OC)c1O[Si](C)(C)C(C)(C)C. The van der Waals surface area contributed by atoms with E-state index >= 15 is 0 Å². The number of benzene rings is 1.